The fourth-order valence-electron chi connectivity index (χ4n) is 2.33. The number of nitrogens with zero attached hydrogens (tertiary/aromatic N) is 1. The van der Waals surface area contributed by atoms with E-state index < -0.39 is 12.1 Å². The van der Waals surface area contributed by atoms with E-state index in [1.54, 1.807) is 6.92 Å². The lowest BCUT2D eigenvalue weighted by Crippen LogP contribution is -2.33. The average molecular weight is 291 g/mol. The van der Waals surface area contributed by atoms with Gasteiger partial charge in [-0.25, -0.2) is 5.84 Å². The number of hydrogen-bond donors (Lipinski definition) is 2. The predicted octanol–water partition coefficient (Wildman–Crippen LogP) is 2.30. The summed E-state index contributed by atoms with van der Waals surface area (Å²) in [7, 11) is 1.47. The zero-order chi connectivity index (χ0) is 15.5. The molecule has 0 aromatic heterocycles. The summed E-state index contributed by atoms with van der Waals surface area (Å²) in [5, 5.41) is 3.58. The maximum absolute atomic E-state index is 13.2. The number of nitrogens with two attached hydrogens (primary N) is 1. The van der Waals surface area contributed by atoms with E-state index >= 15 is 0 Å². The number of rotatable bonds is 4. The van der Waals surface area contributed by atoms with Crippen LogP contribution in [0.15, 0.2) is 23.5 Å². The molecule has 1 aliphatic heterocycles. The fourth-order valence-corrected chi connectivity index (χ4v) is 2.33. The Labute approximate surface area is 116 Å². The third-order valence-corrected chi connectivity index (χ3v) is 3.27. The van der Waals surface area contributed by atoms with Crippen LogP contribution in [0.1, 0.15) is 26.7 Å². The van der Waals surface area contributed by atoms with Gasteiger partial charge in [0.1, 0.15) is 0 Å². The standard InChI is InChI=1S/C13H20F3N3O/c1-4-11(13(14,15)16)10(7-19(3)17)9-6-18-12(20)5-8(9)2/h6-8,11H,4-5,17H2,1-3H3,(H,18,20)/b10-7-. The van der Waals surface area contributed by atoms with Gasteiger partial charge in [-0.3, -0.25) is 4.79 Å². The summed E-state index contributed by atoms with van der Waals surface area (Å²) < 4.78 is 39.5. The summed E-state index contributed by atoms with van der Waals surface area (Å²) in [6.45, 7) is 3.22. The Morgan fingerprint density at radius 2 is 2.25 bits per heavy atom. The van der Waals surface area contributed by atoms with Crippen molar-refractivity contribution in [3.05, 3.63) is 23.5 Å². The van der Waals surface area contributed by atoms with Crippen LogP contribution in [0.2, 0.25) is 0 Å². The van der Waals surface area contributed by atoms with Crippen molar-refractivity contribution in [2.24, 2.45) is 17.7 Å². The van der Waals surface area contributed by atoms with Gasteiger partial charge in [0.05, 0.1) is 5.92 Å². The van der Waals surface area contributed by atoms with Crippen molar-refractivity contribution in [2.75, 3.05) is 7.05 Å². The molecule has 0 spiro atoms. The van der Waals surface area contributed by atoms with E-state index in [2.05, 4.69) is 5.32 Å². The topological polar surface area (TPSA) is 58.4 Å². The Morgan fingerprint density at radius 3 is 2.65 bits per heavy atom. The predicted molar refractivity (Wildman–Crippen MR) is 69.9 cm³/mol. The SMILES string of the molecule is CCC(/C(=C\N(C)N)C1=CNC(=O)CC1C)C(F)(F)F. The second kappa shape index (κ2) is 6.30. The van der Waals surface area contributed by atoms with Crippen molar-refractivity contribution >= 4 is 5.91 Å². The first-order valence-corrected chi connectivity index (χ1v) is 6.42. The third kappa shape index (κ3) is 4.00. The van der Waals surface area contributed by atoms with Crippen LogP contribution < -0.4 is 11.2 Å². The quantitative estimate of drug-likeness (QED) is 0.617. The van der Waals surface area contributed by atoms with Crippen LogP contribution in [0, 0.1) is 11.8 Å². The average Bonchev–Trinajstić information content (AvgIpc) is 2.26. The number of carbonyl (C=O) groups excluding carboxylic acids is 1. The summed E-state index contributed by atoms with van der Waals surface area (Å²) in [6.07, 6.45) is -1.62. The monoisotopic (exact) mass is 291 g/mol. The number of carbonyl (C=O) groups is 1. The van der Waals surface area contributed by atoms with E-state index in [0.29, 0.717) is 5.57 Å². The van der Waals surface area contributed by atoms with Gasteiger partial charge in [-0.05, 0) is 23.5 Å². The summed E-state index contributed by atoms with van der Waals surface area (Å²) in [6, 6.07) is 0. The van der Waals surface area contributed by atoms with E-state index in [9.17, 15) is 18.0 Å². The zero-order valence-corrected chi connectivity index (χ0v) is 11.8. The van der Waals surface area contributed by atoms with E-state index in [0.717, 1.165) is 5.01 Å². The van der Waals surface area contributed by atoms with Crippen molar-refractivity contribution in [1.29, 1.82) is 0 Å². The van der Waals surface area contributed by atoms with Gasteiger partial charge < -0.3 is 10.3 Å². The molecule has 0 aromatic rings. The first kappa shape index (κ1) is 16.6. The minimum absolute atomic E-state index is 0.0822. The number of nitrogens with one attached hydrogen (secondary N) is 1. The van der Waals surface area contributed by atoms with Gasteiger partial charge in [0, 0.05) is 25.9 Å². The lowest BCUT2D eigenvalue weighted by atomic mass is 9.82. The summed E-state index contributed by atoms with van der Waals surface area (Å²) in [4.78, 5) is 11.3. The molecule has 2 atom stereocenters. The molecule has 0 bridgehead atoms. The van der Waals surface area contributed by atoms with Crippen LogP contribution in [0.5, 0.6) is 0 Å². The number of allylic oxidation sites excluding steroid dienone is 2. The maximum Gasteiger partial charge on any atom is 0.395 e. The number of alkyl halides is 3. The van der Waals surface area contributed by atoms with E-state index in [1.165, 1.54) is 26.4 Å². The first-order chi connectivity index (χ1) is 9.16. The molecule has 0 aliphatic carbocycles. The molecule has 4 nitrogen and oxygen atoms in total. The number of amides is 1. The van der Waals surface area contributed by atoms with Gasteiger partial charge in [0.2, 0.25) is 5.91 Å². The Balaban J connectivity index is 3.23. The highest BCUT2D eigenvalue weighted by atomic mass is 19.4. The van der Waals surface area contributed by atoms with Crippen molar-refractivity contribution < 1.29 is 18.0 Å². The van der Waals surface area contributed by atoms with E-state index in [4.69, 9.17) is 5.84 Å². The smallest absolute Gasteiger partial charge is 0.332 e. The lowest BCUT2D eigenvalue weighted by Gasteiger charge is -2.29. The van der Waals surface area contributed by atoms with Crippen molar-refractivity contribution in [3.8, 4) is 0 Å². The summed E-state index contributed by atoms with van der Waals surface area (Å²) in [5.74, 6) is 3.42. The normalized spacial score (nSPS) is 22.1. The van der Waals surface area contributed by atoms with Crippen LogP contribution in [0.25, 0.3) is 0 Å². The zero-order valence-electron chi connectivity index (χ0n) is 11.8. The van der Waals surface area contributed by atoms with Crippen molar-refractivity contribution in [1.82, 2.24) is 10.3 Å². The highest BCUT2D eigenvalue weighted by Gasteiger charge is 2.42. The molecule has 0 fully saturated rings. The second-order valence-electron chi connectivity index (χ2n) is 5.02. The van der Waals surface area contributed by atoms with Crippen LogP contribution in [-0.2, 0) is 4.79 Å². The molecule has 1 amide bonds. The van der Waals surface area contributed by atoms with Gasteiger partial charge in [0.15, 0.2) is 0 Å². The molecule has 3 N–H and O–H groups in total. The largest absolute Gasteiger partial charge is 0.395 e. The van der Waals surface area contributed by atoms with Crippen LogP contribution >= 0.6 is 0 Å². The highest BCUT2D eigenvalue weighted by Crippen LogP contribution is 2.40. The van der Waals surface area contributed by atoms with E-state index in [1.807, 2.05) is 0 Å². The molecule has 2 unspecified atom stereocenters. The molecule has 1 heterocycles. The second-order valence-corrected chi connectivity index (χ2v) is 5.02. The molecule has 0 radical (unpaired) electrons. The summed E-state index contributed by atoms with van der Waals surface area (Å²) in [5.41, 5.74) is 0.587. The van der Waals surface area contributed by atoms with Crippen LogP contribution in [0.3, 0.4) is 0 Å². The van der Waals surface area contributed by atoms with Gasteiger partial charge in [-0.2, -0.15) is 13.2 Å². The van der Waals surface area contributed by atoms with E-state index in [-0.39, 0.29) is 30.2 Å². The van der Waals surface area contributed by atoms with Gasteiger partial charge in [-0.15, -0.1) is 0 Å². The maximum atomic E-state index is 13.2. The molecule has 0 saturated heterocycles. The Hall–Kier alpha value is -1.50. The molecule has 1 aliphatic rings. The molecule has 0 aromatic carbocycles. The third-order valence-electron chi connectivity index (χ3n) is 3.27. The van der Waals surface area contributed by atoms with Crippen LogP contribution in [-0.4, -0.2) is 24.1 Å². The summed E-state index contributed by atoms with van der Waals surface area (Å²) >= 11 is 0. The number of hydrogen-bond acceptors (Lipinski definition) is 3. The molecule has 7 heteroatoms. The van der Waals surface area contributed by atoms with Crippen molar-refractivity contribution in [3.63, 3.8) is 0 Å². The number of hydrazine groups is 1. The molecule has 114 valence electrons. The van der Waals surface area contributed by atoms with Crippen molar-refractivity contribution in [2.45, 2.75) is 32.9 Å². The van der Waals surface area contributed by atoms with Gasteiger partial charge >= 0.3 is 6.18 Å². The number of halogens is 3. The molecule has 20 heavy (non-hydrogen) atoms. The van der Waals surface area contributed by atoms with Gasteiger partial charge in [-0.1, -0.05) is 13.8 Å². The first-order valence-electron chi connectivity index (χ1n) is 6.42. The van der Waals surface area contributed by atoms with Crippen LogP contribution in [0.4, 0.5) is 13.2 Å². The molecule has 0 saturated carbocycles. The molecular formula is C13H20F3N3O. The Morgan fingerprint density at radius 1 is 1.65 bits per heavy atom. The lowest BCUT2D eigenvalue weighted by molar-refractivity contribution is -0.164. The molecule has 1 rings (SSSR count). The minimum Gasteiger partial charge on any atom is -0.332 e. The molecular weight excluding hydrogens is 271 g/mol. The highest BCUT2D eigenvalue weighted by molar-refractivity contribution is 5.79. The van der Waals surface area contributed by atoms with Gasteiger partial charge in [0.25, 0.3) is 0 Å². The Bertz CT molecular complexity index is 427. The fraction of sp³-hybridized carbons (Fsp3) is 0.615. The Kier molecular flexibility index (Phi) is 5.21. The minimum atomic E-state index is -4.35.